The molecule has 84 valence electrons. The molecule has 0 aliphatic heterocycles. The molecule has 0 saturated heterocycles. The van der Waals surface area contributed by atoms with Crippen LogP contribution in [-0.4, -0.2) is 4.98 Å². The molecule has 0 N–H and O–H groups in total. The largest absolute Gasteiger partial charge is 0.245 e. The third-order valence-electron chi connectivity index (χ3n) is 2.40. The number of hydrogen-bond donors (Lipinski definition) is 0. The number of rotatable bonds is 2. The van der Waals surface area contributed by atoms with Crippen LogP contribution in [0.4, 0.5) is 0 Å². The number of benzene rings is 1. The van der Waals surface area contributed by atoms with Crippen LogP contribution >= 0.6 is 11.8 Å². The van der Waals surface area contributed by atoms with Crippen molar-refractivity contribution in [2.45, 2.75) is 23.6 Å². The molecule has 0 fully saturated rings. The second kappa shape index (κ2) is 5.03. The van der Waals surface area contributed by atoms with Crippen molar-refractivity contribution >= 4 is 11.8 Å². The lowest BCUT2D eigenvalue weighted by Crippen LogP contribution is -1.84. The number of hydrogen-bond acceptors (Lipinski definition) is 3. The molecule has 2 aromatic rings. The predicted molar refractivity (Wildman–Crippen MR) is 69.0 cm³/mol. The molecule has 2 rings (SSSR count). The third kappa shape index (κ3) is 2.86. The third-order valence-corrected chi connectivity index (χ3v) is 3.57. The summed E-state index contributed by atoms with van der Waals surface area (Å²) in [6.45, 7) is 4.18. The van der Waals surface area contributed by atoms with E-state index in [-0.39, 0.29) is 0 Å². The zero-order chi connectivity index (χ0) is 12.3. The van der Waals surface area contributed by atoms with Gasteiger partial charge in [-0.1, -0.05) is 29.5 Å². The first kappa shape index (κ1) is 11.7. The first-order chi connectivity index (χ1) is 8.19. The second-order valence-corrected chi connectivity index (χ2v) is 4.97. The van der Waals surface area contributed by atoms with Crippen LogP contribution < -0.4 is 0 Å². The topological polar surface area (TPSA) is 36.7 Å². The molecule has 0 saturated carbocycles. The molecule has 3 heteroatoms. The molecule has 0 amide bonds. The van der Waals surface area contributed by atoms with Crippen LogP contribution in [0.3, 0.4) is 0 Å². The van der Waals surface area contributed by atoms with Gasteiger partial charge in [-0.3, -0.25) is 0 Å². The fourth-order valence-electron chi connectivity index (χ4n) is 1.58. The lowest BCUT2D eigenvalue weighted by molar-refractivity contribution is 1.20. The van der Waals surface area contributed by atoms with Gasteiger partial charge in [0.15, 0.2) is 0 Å². The van der Waals surface area contributed by atoms with Crippen LogP contribution in [-0.2, 0) is 0 Å². The second-order valence-electron chi connectivity index (χ2n) is 3.86. The van der Waals surface area contributed by atoms with Gasteiger partial charge in [-0.25, -0.2) is 4.98 Å². The smallest absolute Gasteiger partial charge is 0.141 e. The summed E-state index contributed by atoms with van der Waals surface area (Å²) in [5, 5.41) is 8.80. The number of aryl methyl sites for hydroxylation is 2. The SMILES string of the molecule is Cc1ccc(Sc2ccnc(C#N)c2)c(C)c1. The monoisotopic (exact) mass is 240 g/mol. The Labute approximate surface area is 105 Å². The molecule has 17 heavy (non-hydrogen) atoms. The van der Waals surface area contributed by atoms with Gasteiger partial charge in [0.1, 0.15) is 11.8 Å². The normalized spacial score (nSPS) is 9.94. The summed E-state index contributed by atoms with van der Waals surface area (Å²) >= 11 is 1.66. The van der Waals surface area contributed by atoms with Crippen LogP contribution in [0.1, 0.15) is 16.8 Å². The number of pyridine rings is 1. The fraction of sp³-hybridized carbons (Fsp3) is 0.143. The summed E-state index contributed by atoms with van der Waals surface area (Å²) in [5.74, 6) is 0. The Kier molecular flexibility index (Phi) is 3.46. The Morgan fingerprint density at radius 3 is 2.71 bits per heavy atom. The van der Waals surface area contributed by atoms with E-state index in [9.17, 15) is 0 Å². The number of nitriles is 1. The first-order valence-corrected chi connectivity index (χ1v) is 6.12. The van der Waals surface area contributed by atoms with Gasteiger partial charge in [0.2, 0.25) is 0 Å². The van der Waals surface area contributed by atoms with Crippen LogP contribution in [0.5, 0.6) is 0 Å². The zero-order valence-electron chi connectivity index (χ0n) is 9.77. The van der Waals surface area contributed by atoms with Gasteiger partial charge >= 0.3 is 0 Å². The first-order valence-electron chi connectivity index (χ1n) is 5.30. The number of nitrogens with zero attached hydrogens (tertiary/aromatic N) is 2. The Morgan fingerprint density at radius 1 is 1.18 bits per heavy atom. The highest BCUT2D eigenvalue weighted by Gasteiger charge is 2.02. The molecule has 1 aromatic carbocycles. The van der Waals surface area contributed by atoms with E-state index in [0.717, 1.165) is 4.90 Å². The van der Waals surface area contributed by atoms with Crippen LogP contribution in [0.25, 0.3) is 0 Å². The van der Waals surface area contributed by atoms with E-state index < -0.39 is 0 Å². The molecule has 0 aliphatic rings. The van der Waals surface area contributed by atoms with Crippen molar-refractivity contribution < 1.29 is 0 Å². The minimum atomic E-state index is 0.458. The van der Waals surface area contributed by atoms with Gasteiger partial charge in [-0.15, -0.1) is 0 Å². The van der Waals surface area contributed by atoms with Crippen molar-refractivity contribution in [2.24, 2.45) is 0 Å². The molecule has 0 spiro atoms. The summed E-state index contributed by atoms with van der Waals surface area (Å²) in [6.07, 6.45) is 1.67. The van der Waals surface area contributed by atoms with Gasteiger partial charge in [-0.2, -0.15) is 5.26 Å². The molecule has 0 bridgehead atoms. The number of aromatic nitrogens is 1. The van der Waals surface area contributed by atoms with E-state index in [1.807, 2.05) is 12.1 Å². The van der Waals surface area contributed by atoms with Gasteiger partial charge in [0.05, 0.1) is 0 Å². The standard InChI is InChI=1S/C14H12N2S/c1-10-3-4-14(11(2)7-10)17-13-5-6-16-12(8-13)9-15/h3-8H,1-2H3. The average Bonchev–Trinajstić information content (AvgIpc) is 2.33. The minimum Gasteiger partial charge on any atom is -0.245 e. The quantitative estimate of drug-likeness (QED) is 0.802. The van der Waals surface area contributed by atoms with Crippen molar-refractivity contribution in [2.75, 3.05) is 0 Å². The van der Waals surface area contributed by atoms with Crippen molar-refractivity contribution in [1.82, 2.24) is 4.98 Å². The minimum absolute atomic E-state index is 0.458. The zero-order valence-corrected chi connectivity index (χ0v) is 10.6. The van der Waals surface area contributed by atoms with Gasteiger partial charge in [0.25, 0.3) is 0 Å². The van der Waals surface area contributed by atoms with E-state index in [4.69, 9.17) is 5.26 Å². The molecule has 0 unspecified atom stereocenters. The van der Waals surface area contributed by atoms with E-state index in [0.29, 0.717) is 5.69 Å². The maximum Gasteiger partial charge on any atom is 0.141 e. The van der Waals surface area contributed by atoms with Crippen LogP contribution in [0.15, 0.2) is 46.3 Å². The molecule has 1 heterocycles. The van der Waals surface area contributed by atoms with E-state index in [1.54, 1.807) is 18.0 Å². The summed E-state index contributed by atoms with van der Waals surface area (Å²) in [5.41, 5.74) is 2.98. The maximum atomic E-state index is 8.80. The predicted octanol–water partition coefficient (Wildman–Crippen LogP) is 3.72. The van der Waals surface area contributed by atoms with Crippen LogP contribution in [0.2, 0.25) is 0 Å². The van der Waals surface area contributed by atoms with Gasteiger partial charge in [-0.05, 0) is 37.6 Å². The molecule has 0 aliphatic carbocycles. The Bertz CT molecular complexity index is 585. The van der Waals surface area contributed by atoms with Crippen molar-refractivity contribution in [1.29, 1.82) is 5.26 Å². The van der Waals surface area contributed by atoms with Gasteiger partial charge < -0.3 is 0 Å². The van der Waals surface area contributed by atoms with Crippen molar-refractivity contribution in [3.63, 3.8) is 0 Å². The molecule has 1 aromatic heterocycles. The lowest BCUT2D eigenvalue weighted by atomic mass is 10.2. The van der Waals surface area contributed by atoms with Gasteiger partial charge in [0, 0.05) is 16.0 Å². The molecule has 0 radical (unpaired) electrons. The summed E-state index contributed by atoms with van der Waals surface area (Å²) in [4.78, 5) is 6.22. The Hall–Kier alpha value is -1.79. The van der Waals surface area contributed by atoms with E-state index >= 15 is 0 Å². The van der Waals surface area contributed by atoms with Crippen LogP contribution in [0, 0.1) is 25.2 Å². The summed E-state index contributed by atoms with van der Waals surface area (Å²) < 4.78 is 0. The Morgan fingerprint density at radius 2 is 2.00 bits per heavy atom. The average molecular weight is 240 g/mol. The summed E-state index contributed by atoms with van der Waals surface area (Å²) in [7, 11) is 0. The maximum absolute atomic E-state index is 8.80. The highest BCUT2D eigenvalue weighted by Crippen LogP contribution is 2.30. The summed E-state index contributed by atoms with van der Waals surface area (Å²) in [6, 6.07) is 12.2. The molecular formula is C14H12N2S. The lowest BCUT2D eigenvalue weighted by Gasteiger charge is -2.06. The van der Waals surface area contributed by atoms with Crippen molar-refractivity contribution in [3.8, 4) is 6.07 Å². The molecule has 0 atom stereocenters. The van der Waals surface area contributed by atoms with Crippen molar-refractivity contribution in [3.05, 3.63) is 53.3 Å². The fourth-order valence-corrected chi connectivity index (χ4v) is 2.49. The Balaban J connectivity index is 2.28. The van der Waals surface area contributed by atoms with E-state index in [2.05, 4.69) is 43.1 Å². The highest BCUT2D eigenvalue weighted by atomic mass is 32.2. The highest BCUT2D eigenvalue weighted by molar-refractivity contribution is 7.99. The molecule has 2 nitrogen and oxygen atoms in total. The molecular weight excluding hydrogens is 228 g/mol. The van der Waals surface area contributed by atoms with E-state index in [1.165, 1.54) is 16.0 Å².